The molecule has 4 rings (SSSR count). The van der Waals surface area contributed by atoms with Gasteiger partial charge >= 0.3 is 0 Å². The van der Waals surface area contributed by atoms with Gasteiger partial charge < -0.3 is 15.0 Å². The molecular formula is C28H36Cl2FN3O4S. The Labute approximate surface area is 240 Å². The van der Waals surface area contributed by atoms with Crippen LogP contribution >= 0.6 is 23.2 Å². The third-order valence-corrected chi connectivity index (χ3v) is 10.3. The van der Waals surface area contributed by atoms with Crippen LogP contribution in [0.4, 0.5) is 4.39 Å². The van der Waals surface area contributed by atoms with Crippen molar-refractivity contribution in [1.29, 1.82) is 0 Å². The van der Waals surface area contributed by atoms with Crippen LogP contribution in [0, 0.1) is 17.7 Å². The Morgan fingerprint density at radius 3 is 2.44 bits per heavy atom. The molecule has 2 aromatic carbocycles. The van der Waals surface area contributed by atoms with Gasteiger partial charge in [-0.2, -0.15) is 4.31 Å². The molecule has 7 nitrogen and oxygen atoms in total. The van der Waals surface area contributed by atoms with Crippen LogP contribution in [-0.2, 0) is 19.6 Å². The fraction of sp³-hybridized carbons (Fsp3) is 0.536. The summed E-state index contributed by atoms with van der Waals surface area (Å²) in [6, 6.07) is 11.3. The average molecular weight is 601 g/mol. The molecule has 0 spiro atoms. The number of carbonyl (C=O) groups excluding carboxylic acids is 1. The van der Waals surface area contributed by atoms with Crippen LogP contribution in [0.2, 0.25) is 10.0 Å². The standard InChI is InChI=1S/C28H36Cl2FN3O4S/c1-33(2)28(21-7-10-23(31)11-8-21)20-5-3-19(4-6-20)16-32-27(35)18-38-24-13-14-34(17-24)39(36,37)26-12-9-22(29)15-25(26)30/h7-12,15,19-20,24,28H,3-6,13-14,16-18H2,1-2H3,(H,32,35). The number of nitrogens with zero attached hydrogens (tertiary/aromatic N) is 2. The van der Waals surface area contributed by atoms with E-state index in [4.69, 9.17) is 27.9 Å². The van der Waals surface area contributed by atoms with Gasteiger partial charge in [0.15, 0.2) is 0 Å². The summed E-state index contributed by atoms with van der Waals surface area (Å²) in [5.41, 5.74) is 1.13. The highest BCUT2D eigenvalue weighted by molar-refractivity contribution is 7.89. The smallest absolute Gasteiger partial charge is 0.246 e. The molecule has 0 aromatic heterocycles. The molecule has 1 heterocycles. The zero-order chi connectivity index (χ0) is 28.2. The third-order valence-electron chi connectivity index (χ3n) is 7.76. The fourth-order valence-corrected chi connectivity index (χ4v) is 7.97. The Morgan fingerprint density at radius 1 is 1.10 bits per heavy atom. The predicted molar refractivity (Wildman–Crippen MR) is 151 cm³/mol. The van der Waals surface area contributed by atoms with E-state index in [9.17, 15) is 17.6 Å². The zero-order valence-corrected chi connectivity index (χ0v) is 24.6. The van der Waals surface area contributed by atoms with Crippen LogP contribution in [0.3, 0.4) is 0 Å². The van der Waals surface area contributed by atoms with Crippen LogP contribution in [0.25, 0.3) is 0 Å². The minimum Gasteiger partial charge on any atom is -0.367 e. The van der Waals surface area contributed by atoms with E-state index in [0.29, 0.717) is 36.4 Å². The summed E-state index contributed by atoms with van der Waals surface area (Å²) in [6.07, 6.45) is 4.26. The fourth-order valence-electron chi connectivity index (χ4n) is 5.74. The van der Waals surface area contributed by atoms with E-state index < -0.39 is 10.0 Å². The van der Waals surface area contributed by atoms with Crippen molar-refractivity contribution in [3.8, 4) is 0 Å². The summed E-state index contributed by atoms with van der Waals surface area (Å²) in [5.74, 6) is 0.456. The highest BCUT2D eigenvalue weighted by atomic mass is 35.5. The number of halogens is 3. The van der Waals surface area contributed by atoms with Gasteiger partial charge in [0.25, 0.3) is 0 Å². The molecule has 39 heavy (non-hydrogen) atoms. The summed E-state index contributed by atoms with van der Waals surface area (Å²) in [7, 11) is 0.347. The normalized spacial score (nSPS) is 23.2. The van der Waals surface area contributed by atoms with Gasteiger partial charge in [-0.05, 0) is 93.9 Å². The first-order valence-corrected chi connectivity index (χ1v) is 15.5. The van der Waals surface area contributed by atoms with Gasteiger partial charge in [0.2, 0.25) is 15.9 Å². The van der Waals surface area contributed by atoms with Gasteiger partial charge in [0, 0.05) is 30.7 Å². The first-order valence-electron chi connectivity index (χ1n) is 13.3. The van der Waals surface area contributed by atoms with Crippen LogP contribution in [0.5, 0.6) is 0 Å². The van der Waals surface area contributed by atoms with Crippen molar-refractivity contribution < 1.29 is 22.3 Å². The Hall–Kier alpha value is -1.75. The molecule has 214 valence electrons. The molecule has 1 N–H and O–H groups in total. The molecule has 2 unspecified atom stereocenters. The maximum Gasteiger partial charge on any atom is 0.246 e. The number of nitrogens with one attached hydrogen (secondary N) is 1. The lowest BCUT2D eigenvalue weighted by Crippen LogP contribution is -2.37. The molecule has 11 heteroatoms. The van der Waals surface area contributed by atoms with E-state index in [1.165, 1.54) is 34.6 Å². The number of ether oxygens (including phenoxy) is 1. The van der Waals surface area contributed by atoms with E-state index in [1.54, 1.807) is 0 Å². The second-order valence-corrected chi connectivity index (χ2v) is 13.5. The Morgan fingerprint density at radius 2 is 1.79 bits per heavy atom. The molecule has 0 bridgehead atoms. The van der Waals surface area contributed by atoms with Crippen LogP contribution < -0.4 is 5.32 Å². The SMILES string of the molecule is CN(C)C(c1ccc(F)cc1)C1CCC(CNC(=O)COC2CCN(S(=O)(=O)c3ccc(Cl)cc3Cl)C2)CC1. The largest absolute Gasteiger partial charge is 0.367 e. The third kappa shape index (κ3) is 7.71. The highest BCUT2D eigenvalue weighted by Gasteiger charge is 2.35. The first-order chi connectivity index (χ1) is 18.5. The molecule has 2 fully saturated rings. The summed E-state index contributed by atoms with van der Waals surface area (Å²) >= 11 is 12.0. The van der Waals surface area contributed by atoms with Gasteiger partial charge in [0.05, 0.1) is 11.1 Å². The first kappa shape index (κ1) is 30.2. The molecule has 2 aromatic rings. The summed E-state index contributed by atoms with van der Waals surface area (Å²) in [5, 5.41) is 3.42. The number of hydrogen-bond donors (Lipinski definition) is 1. The topological polar surface area (TPSA) is 79.0 Å². The van der Waals surface area contributed by atoms with Gasteiger partial charge in [-0.25, -0.2) is 12.8 Å². The van der Waals surface area contributed by atoms with Crippen molar-refractivity contribution in [3.05, 3.63) is 63.9 Å². The van der Waals surface area contributed by atoms with E-state index in [-0.39, 0.29) is 46.9 Å². The molecule has 2 aliphatic rings. The van der Waals surface area contributed by atoms with Crippen LogP contribution in [0.1, 0.15) is 43.7 Å². The molecule has 1 saturated carbocycles. The van der Waals surface area contributed by atoms with Gasteiger partial charge in [-0.1, -0.05) is 35.3 Å². The second-order valence-electron chi connectivity index (χ2n) is 10.7. The van der Waals surface area contributed by atoms with Gasteiger partial charge in [-0.15, -0.1) is 0 Å². The Kier molecular flexibility index (Phi) is 10.3. The highest BCUT2D eigenvalue weighted by Crippen LogP contribution is 2.39. The lowest BCUT2D eigenvalue weighted by molar-refractivity contribution is -0.127. The summed E-state index contributed by atoms with van der Waals surface area (Å²) in [4.78, 5) is 14.7. The monoisotopic (exact) mass is 599 g/mol. The predicted octanol–water partition coefficient (Wildman–Crippen LogP) is 5.14. The maximum atomic E-state index is 13.4. The lowest BCUT2D eigenvalue weighted by atomic mass is 9.76. The molecular weight excluding hydrogens is 564 g/mol. The Bertz CT molecular complexity index is 1240. The molecule has 2 atom stereocenters. The molecule has 1 aliphatic heterocycles. The molecule has 0 radical (unpaired) electrons. The summed E-state index contributed by atoms with van der Waals surface area (Å²) < 4.78 is 46.4. The minimum atomic E-state index is -3.78. The summed E-state index contributed by atoms with van der Waals surface area (Å²) in [6.45, 7) is 0.948. The van der Waals surface area contributed by atoms with Crippen LogP contribution in [-0.4, -0.2) is 70.0 Å². The number of carbonyl (C=O) groups is 1. The second kappa shape index (κ2) is 13.3. The van der Waals surface area contributed by atoms with Gasteiger partial charge in [-0.3, -0.25) is 4.79 Å². The zero-order valence-electron chi connectivity index (χ0n) is 22.3. The number of sulfonamides is 1. The average Bonchev–Trinajstić information content (AvgIpc) is 3.38. The lowest BCUT2D eigenvalue weighted by Gasteiger charge is -2.37. The number of amides is 1. The Balaban J connectivity index is 1.19. The van der Waals surface area contributed by atoms with Gasteiger partial charge in [0.1, 0.15) is 17.3 Å². The number of rotatable bonds is 10. The van der Waals surface area contributed by atoms with Crippen LogP contribution in [0.15, 0.2) is 47.4 Å². The quantitative estimate of drug-likeness (QED) is 0.409. The molecule has 1 aliphatic carbocycles. The minimum absolute atomic E-state index is 0.0104. The maximum absolute atomic E-state index is 13.4. The van der Waals surface area contributed by atoms with Crippen molar-refractivity contribution in [1.82, 2.24) is 14.5 Å². The van der Waals surface area contributed by atoms with Crippen molar-refractivity contribution >= 4 is 39.1 Å². The van der Waals surface area contributed by atoms with E-state index in [1.807, 2.05) is 12.1 Å². The molecule has 1 amide bonds. The van der Waals surface area contributed by atoms with Crippen molar-refractivity contribution in [2.24, 2.45) is 11.8 Å². The molecule has 1 saturated heterocycles. The van der Waals surface area contributed by atoms with Crippen molar-refractivity contribution in [2.45, 2.75) is 49.1 Å². The number of benzene rings is 2. The van der Waals surface area contributed by atoms with Crippen molar-refractivity contribution in [2.75, 3.05) is 40.3 Å². The number of hydrogen-bond acceptors (Lipinski definition) is 5. The van der Waals surface area contributed by atoms with E-state index in [2.05, 4.69) is 24.3 Å². The van der Waals surface area contributed by atoms with E-state index >= 15 is 0 Å². The van der Waals surface area contributed by atoms with Crippen molar-refractivity contribution in [3.63, 3.8) is 0 Å². The van der Waals surface area contributed by atoms with E-state index in [0.717, 1.165) is 31.2 Å².